The lowest BCUT2D eigenvalue weighted by Crippen LogP contribution is -2.39. The highest BCUT2D eigenvalue weighted by Gasteiger charge is 2.09. The maximum absolute atomic E-state index is 13.6. The van der Waals surface area contributed by atoms with Crippen LogP contribution in [-0.2, 0) is 11.2 Å². The van der Waals surface area contributed by atoms with Crippen LogP contribution in [0, 0.1) is 11.6 Å². The Balaban J connectivity index is 0.00000338. The Hall–Kier alpha value is -1.00. The molecule has 2 N–H and O–H groups in total. The number of hydrogen-bond donors (Lipinski definition) is 2. The van der Waals surface area contributed by atoms with Crippen molar-refractivity contribution in [2.75, 3.05) is 52.5 Å². The molecule has 0 radical (unpaired) electrons. The number of guanidine groups is 1. The number of ether oxygens (including phenoxy) is 1. The summed E-state index contributed by atoms with van der Waals surface area (Å²) in [5.41, 5.74) is 0.497. The van der Waals surface area contributed by atoms with Crippen LogP contribution in [0.1, 0.15) is 18.9 Å². The van der Waals surface area contributed by atoms with Crippen LogP contribution in [-0.4, -0.2) is 63.3 Å². The summed E-state index contributed by atoms with van der Waals surface area (Å²) in [6, 6.07) is 3.68. The minimum atomic E-state index is -0.552. The monoisotopic (exact) mass is 482 g/mol. The lowest BCUT2D eigenvalue weighted by Gasteiger charge is -2.26. The molecule has 1 aromatic rings. The Kier molecular flexibility index (Phi) is 11.7. The molecule has 1 aliphatic heterocycles. The van der Waals surface area contributed by atoms with Gasteiger partial charge in [-0.15, -0.1) is 24.0 Å². The molecule has 1 heterocycles. The van der Waals surface area contributed by atoms with Gasteiger partial charge in [0, 0.05) is 45.3 Å². The SMILES string of the molecule is CCNC(=NCCCN1CCOCC1)NCCc1ccc(F)cc1F.I. The highest BCUT2D eigenvalue weighted by molar-refractivity contribution is 14.0. The van der Waals surface area contributed by atoms with Gasteiger partial charge in [-0.25, -0.2) is 8.78 Å². The number of morpholine rings is 1. The first-order valence-electron chi connectivity index (χ1n) is 8.95. The molecule has 5 nitrogen and oxygen atoms in total. The van der Waals surface area contributed by atoms with E-state index in [-0.39, 0.29) is 24.0 Å². The lowest BCUT2D eigenvalue weighted by atomic mass is 10.1. The van der Waals surface area contributed by atoms with E-state index in [2.05, 4.69) is 20.5 Å². The van der Waals surface area contributed by atoms with Gasteiger partial charge >= 0.3 is 0 Å². The lowest BCUT2D eigenvalue weighted by molar-refractivity contribution is 0.0377. The number of nitrogens with zero attached hydrogens (tertiary/aromatic N) is 2. The van der Waals surface area contributed by atoms with Gasteiger partial charge in [0.05, 0.1) is 13.2 Å². The molecular formula is C18H29F2IN4O. The summed E-state index contributed by atoms with van der Waals surface area (Å²) in [6.07, 6.45) is 1.47. The molecule has 0 unspecified atom stereocenters. The maximum atomic E-state index is 13.6. The van der Waals surface area contributed by atoms with E-state index >= 15 is 0 Å². The van der Waals surface area contributed by atoms with Crippen LogP contribution < -0.4 is 10.6 Å². The largest absolute Gasteiger partial charge is 0.379 e. The topological polar surface area (TPSA) is 48.9 Å². The summed E-state index contributed by atoms with van der Waals surface area (Å²) >= 11 is 0. The molecule has 1 aromatic carbocycles. The average Bonchev–Trinajstić information content (AvgIpc) is 2.61. The summed E-state index contributed by atoms with van der Waals surface area (Å²) in [4.78, 5) is 6.93. The Morgan fingerprint density at radius 3 is 2.69 bits per heavy atom. The minimum Gasteiger partial charge on any atom is -0.379 e. The van der Waals surface area contributed by atoms with Gasteiger partial charge in [-0.2, -0.15) is 0 Å². The van der Waals surface area contributed by atoms with E-state index < -0.39 is 11.6 Å². The molecule has 0 amide bonds. The van der Waals surface area contributed by atoms with Gasteiger partial charge in [-0.05, 0) is 31.4 Å². The zero-order chi connectivity index (χ0) is 17.9. The van der Waals surface area contributed by atoms with E-state index in [1.54, 1.807) is 0 Å². The van der Waals surface area contributed by atoms with Gasteiger partial charge in [-0.3, -0.25) is 9.89 Å². The quantitative estimate of drug-likeness (QED) is 0.259. The fourth-order valence-corrected chi connectivity index (χ4v) is 2.69. The van der Waals surface area contributed by atoms with Crippen LogP contribution in [0.3, 0.4) is 0 Å². The third kappa shape index (κ3) is 8.59. The second-order valence-corrected chi connectivity index (χ2v) is 5.98. The van der Waals surface area contributed by atoms with Crippen LogP contribution in [0.4, 0.5) is 8.78 Å². The van der Waals surface area contributed by atoms with E-state index in [0.717, 1.165) is 64.4 Å². The summed E-state index contributed by atoms with van der Waals surface area (Å²) in [6.45, 7) is 8.67. The van der Waals surface area contributed by atoms with Crippen molar-refractivity contribution in [1.82, 2.24) is 15.5 Å². The standard InChI is InChI=1S/C18H28F2N4O.HI/c1-2-21-18(22-7-3-9-24-10-12-25-13-11-24)23-8-6-15-4-5-16(19)14-17(15)20;/h4-5,14H,2-3,6-13H2,1H3,(H2,21,22,23);1H. The molecule has 8 heteroatoms. The first-order valence-corrected chi connectivity index (χ1v) is 8.95. The highest BCUT2D eigenvalue weighted by atomic mass is 127. The third-order valence-corrected chi connectivity index (χ3v) is 4.05. The van der Waals surface area contributed by atoms with Gasteiger partial charge in [0.2, 0.25) is 0 Å². The van der Waals surface area contributed by atoms with Crippen LogP contribution in [0.5, 0.6) is 0 Å². The molecule has 0 aliphatic carbocycles. The summed E-state index contributed by atoms with van der Waals surface area (Å²) in [7, 11) is 0. The second-order valence-electron chi connectivity index (χ2n) is 5.98. The van der Waals surface area contributed by atoms with Crippen molar-refractivity contribution >= 4 is 29.9 Å². The molecule has 0 saturated carbocycles. The van der Waals surface area contributed by atoms with Crippen LogP contribution in [0.2, 0.25) is 0 Å². The van der Waals surface area contributed by atoms with Crippen molar-refractivity contribution in [2.45, 2.75) is 19.8 Å². The summed E-state index contributed by atoms with van der Waals surface area (Å²) in [5, 5.41) is 6.38. The van der Waals surface area contributed by atoms with E-state index in [4.69, 9.17) is 4.74 Å². The Morgan fingerprint density at radius 2 is 2.00 bits per heavy atom. The summed E-state index contributed by atoms with van der Waals surface area (Å²) < 4.78 is 31.9. The third-order valence-electron chi connectivity index (χ3n) is 4.05. The fourth-order valence-electron chi connectivity index (χ4n) is 2.69. The van der Waals surface area contributed by atoms with Crippen molar-refractivity contribution in [3.63, 3.8) is 0 Å². The van der Waals surface area contributed by atoms with Gasteiger partial charge in [0.15, 0.2) is 5.96 Å². The zero-order valence-electron chi connectivity index (χ0n) is 15.3. The number of aliphatic imine (C=N–C) groups is 1. The number of hydrogen-bond acceptors (Lipinski definition) is 3. The van der Waals surface area contributed by atoms with Gasteiger partial charge in [0.1, 0.15) is 11.6 Å². The van der Waals surface area contributed by atoms with E-state index in [0.29, 0.717) is 18.5 Å². The minimum absolute atomic E-state index is 0. The predicted molar refractivity (Wildman–Crippen MR) is 111 cm³/mol. The molecule has 26 heavy (non-hydrogen) atoms. The summed E-state index contributed by atoms with van der Waals surface area (Å²) in [5.74, 6) is -0.328. The normalized spacial score (nSPS) is 15.4. The number of rotatable bonds is 8. The Labute approximate surface area is 171 Å². The number of nitrogens with one attached hydrogen (secondary N) is 2. The highest BCUT2D eigenvalue weighted by Crippen LogP contribution is 2.09. The molecule has 2 rings (SSSR count). The Morgan fingerprint density at radius 1 is 1.23 bits per heavy atom. The van der Waals surface area contributed by atoms with Crippen molar-refractivity contribution in [3.05, 3.63) is 35.4 Å². The van der Waals surface area contributed by atoms with E-state index in [9.17, 15) is 8.78 Å². The maximum Gasteiger partial charge on any atom is 0.191 e. The molecule has 1 saturated heterocycles. The first kappa shape index (κ1) is 23.0. The van der Waals surface area contributed by atoms with Gasteiger partial charge in [-0.1, -0.05) is 6.07 Å². The molecule has 148 valence electrons. The molecule has 1 fully saturated rings. The van der Waals surface area contributed by atoms with E-state index in [1.165, 1.54) is 12.1 Å². The molecule has 0 aromatic heterocycles. The van der Waals surface area contributed by atoms with Crippen molar-refractivity contribution in [3.8, 4) is 0 Å². The Bertz CT molecular complexity index is 554. The van der Waals surface area contributed by atoms with Gasteiger partial charge in [0.25, 0.3) is 0 Å². The molecular weight excluding hydrogens is 453 g/mol. The average molecular weight is 482 g/mol. The molecule has 1 aliphatic rings. The van der Waals surface area contributed by atoms with Crippen LogP contribution in [0.25, 0.3) is 0 Å². The molecule has 0 atom stereocenters. The van der Waals surface area contributed by atoms with Crippen molar-refractivity contribution in [2.24, 2.45) is 4.99 Å². The van der Waals surface area contributed by atoms with Crippen LogP contribution >= 0.6 is 24.0 Å². The van der Waals surface area contributed by atoms with Crippen LogP contribution in [0.15, 0.2) is 23.2 Å². The zero-order valence-corrected chi connectivity index (χ0v) is 17.6. The predicted octanol–water partition coefficient (Wildman–Crippen LogP) is 2.40. The van der Waals surface area contributed by atoms with Crippen molar-refractivity contribution in [1.29, 1.82) is 0 Å². The molecule has 0 spiro atoms. The fraction of sp³-hybridized carbons (Fsp3) is 0.611. The van der Waals surface area contributed by atoms with E-state index in [1.807, 2.05) is 6.92 Å². The van der Waals surface area contributed by atoms with Crippen molar-refractivity contribution < 1.29 is 13.5 Å². The first-order chi connectivity index (χ1) is 12.2. The number of halogens is 3. The number of benzene rings is 1. The van der Waals surface area contributed by atoms with Gasteiger partial charge < -0.3 is 15.4 Å². The smallest absolute Gasteiger partial charge is 0.191 e. The second kappa shape index (κ2) is 13.2. The molecule has 0 bridgehead atoms.